The van der Waals surface area contributed by atoms with Gasteiger partial charge in [0.1, 0.15) is 11.6 Å². The highest BCUT2D eigenvalue weighted by Gasteiger charge is 2.38. The molecule has 1 aliphatic heterocycles. The van der Waals surface area contributed by atoms with Gasteiger partial charge < -0.3 is 10.0 Å². The number of nitrogens with zero attached hydrogens (tertiary/aromatic N) is 1. The Hall–Kier alpha value is -1.84. The summed E-state index contributed by atoms with van der Waals surface area (Å²) in [6.45, 7) is 8.23. The molecule has 0 unspecified atom stereocenters. The topological polar surface area (TPSA) is 40.5 Å². The van der Waals surface area contributed by atoms with Crippen LogP contribution in [0.1, 0.15) is 39.7 Å². The third kappa shape index (κ3) is 3.26. The molecule has 1 aliphatic rings. The second-order valence-electron chi connectivity index (χ2n) is 6.72. The molecule has 1 atom stereocenters. The summed E-state index contributed by atoms with van der Waals surface area (Å²) in [5, 5.41) is 9.98. The van der Waals surface area contributed by atoms with Crippen LogP contribution in [-0.2, 0) is 11.3 Å². The van der Waals surface area contributed by atoms with Crippen molar-refractivity contribution >= 4 is 5.91 Å². The lowest BCUT2D eigenvalue weighted by molar-refractivity contribution is -0.134. The van der Waals surface area contributed by atoms with E-state index in [-0.39, 0.29) is 28.9 Å². The van der Waals surface area contributed by atoms with Crippen LogP contribution in [0.3, 0.4) is 0 Å². The molecule has 0 fully saturated rings. The van der Waals surface area contributed by atoms with Gasteiger partial charge in [0, 0.05) is 19.0 Å². The zero-order valence-corrected chi connectivity index (χ0v) is 13.0. The van der Waals surface area contributed by atoms with Crippen LogP contribution in [-0.4, -0.2) is 22.0 Å². The number of hydrogen-bond acceptors (Lipinski definition) is 2. The smallest absolute Gasteiger partial charge is 0.253 e. The summed E-state index contributed by atoms with van der Waals surface area (Å²) in [5.74, 6) is -0.261. The lowest BCUT2D eigenvalue weighted by Crippen LogP contribution is -2.50. The summed E-state index contributed by atoms with van der Waals surface area (Å²) < 4.78 is 13.0. The first-order valence-corrected chi connectivity index (χ1v) is 7.14. The number of benzene rings is 1. The lowest BCUT2D eigenvalue weighted by Gasteiger charge is -2.43. The molecule has 114 valence electrons. The van der Waals surface area contributed by atoms with Crippen molar-refractivity contribution < 1.29 is 14.3 Å². The van der Waals surface area contributed by atoms with E-state index in [1.807, 2.05) is 0 Å². The molecular formula is C17H22FNO2. The predicted molar refractivity (Wildman–Crippen MR) is 80.1 cm³/mol. The van der Waals surface area contributed by atoms with E-state index in [2.05, 4.69) is 20.8 Å². The fraction of sp³-hybridized carbons (Fsp3) is 0.471. The van der Waals surface area contributed by atoms with E-state index >= 15 is 0 Å². The highest BCUT2D eigenvalue weighted by Crippen LogP contribution is 2.35. The Morgan fingerprint density at radius 2 is 1.86 bits per heavy atom. The van der Waals surface area contributed by atoms with Gasteiger partial charge in [-0.2, -0.15) is 0 Å². The number of rotatable bonds is 2. The lowest BCUT2D eigenvalue weighted by atomic mass is 9.80. The van der Waals surface area contributed by atoms with E-state index in [1.165, 1.54) is 12.1 Å². The van der Waals surface area contributed by atoms with E-state index < -0.39 is 0 Å². The van der Waals surface area contributed by atoms with Crippen molar-refractivity contribution in [3.05, 3.63) is 47.0 Å². The molecule has 4 heteroatoms. The van der Waals surface area contributed by atoms with Crippen molar-refractivity contribution in [1.82, 2.24) is 4.90 Å². The summed E-state index contributed by atoms with van der Waals surface area (Å²) in [4.78, 5) is 14.3. The standard InChI is InChI=1S/C17H22FNO2/c1-11-14(20)9-15(17(2,3)4)19(16(11)21)10-12-5-7-13(18)8-6-12/h5-8,15,20H,9-10H2,1-4H3/t15-/m1/s1. The van der Waals surface area contributed by atoms with E-state index in [0.29, 0.717) is 18.5 Å². The van der Waals surface area contributed by atoms with Gasteiger partial charge in [-0.25, -0.2) is 4.39 Å². The molecular weight excluding hydrogens is 269 g/mol. The second-order valence-corrected chi connectivity index (χ2v) is 6.72. The summed E-state index contributed by atoms with van der Waals surface area (Å²) in [7, 11) is 0. The quantitative estimate of drug-likeness (QED) is 0.900. The largest absolute Gasteiger partial charge is 0.512 e. The SMILES string of the molecule is CC1=C(O)C[C@H](C(C)(C)C)N(Cc2ccc(F)cc2)C1=O. The molecule has 3 nitrogen and oxygen atoms in total. The number of carbonyl (C=O) groups excluding carboxylic acids is 1. The molecule has 1 heterocycles. The Balaban J connectivity index is 2.33. The van der Waals surface area contributed by atoms with Crippen LogP contribution in [0.4, 0.5) is 4.39 Å². The first kappa shape index (κ1) is 15.5. The van der Waals surface area contributed by atoms with Crippen LogP contribution >= 0.6 is 0 Å². The number of aliphatic hydroxyl groups is 1. The number of amides is 1. The Kier molecular flexibility index (Phi) is 4.08. The van der Waals surface area contributed by atoms with E-state index in [0.717, 1.165) is 5.56 Å². The third-order valence-electron chi connectivity index (χ3n) is 4.04. The third-order valence-corrected chi connectivity index (χ3v) is 4.04. The van der Waals surface area contributed by atoms with Gasteiger partial charge in [-0.05, 0) is 30.0 Å². The number of carbonyl (C=O) groups is 1. The van der Waals surface area contributed by atoms with Crippen LogP contribution in [0.25, 0.3) is 0 Å². The average Bonchev–Trinajstić information content (AvgIpc) is 2.40. The molecule has 1 amide bonds. The van der Waals surface area contributed by atoms with Gasteiger partial charge in [0.05, 0.1) is 5.57 Å². The minimum atomic E-state index is -0.287. The maximum absolute atomic E-state index is 13.0. The van der Waals surface area contributed by atoms with Crippen molar-refractivity contribution in [1.29, 1.82) is 0 Å². The second kappa shape index (κ2) is 5.51. The fourth-order valence-electron chi connectivity index (χ4n) is 2.67. The van der Waals surface area contributed by atoms with Crippen LogP contribution < -0.4 is 0 Å². The monoisotopic (exact) mass is 291 g/mol. The van der Waals surface area contributed by atoms with Gasteiger partial charge in [-0.3, -0.25) is 4.79 Å². The Bertz CT molecular complexity index is 569. The normalized spacial score (nSPS) is 20.1. The van der Waals surface area contributed by atoms with Crippen molar-refractivity contribution in [3.63, 3.8) is 0 Å². The summed E-state index contributed by atoms with van der Waals surface area (Å²) in [6.07, 6.45) is 0.461. The van der Waals surface area contributed by atoms with Crippen molar-refractivity contribution in [2.24, 2.45) is 5.41 Å². The summed E-state index contributed by atoms with van der Waals surface area (Å²) in [5.41, 5.74) is 1.13. The molecule has 0 aliphatic carbocycles. The van der Waals surface area contributed by atoms with Crippen LogP contribution in [0.15, 0.2) is 35.6 Å². The maximum Gasteiger partial charge on any atom is 0.253 e. The highest BCUT2D eigenvalue weighted by molar-refractivity contribution is 5.94. The van der Waals surface area contributed by atoms with Crippen LogP contribution in [0, 0.1) is 11.2 Å². The summed E-state index contributed by atoms with van der Waals surface area (Å²) >= 11 is 0. The first-order valence-electron chi connectivity index (χ1n) is 7.14. The molecule has 21 heavy (non-hydrogen) atoms. The van der Waals surface area contributed by atoms with Crippen molar-refractivity contribution in [2.75, 3.05) is 0 Å². The zero-order chi connectivity index (χ0) is 15.8. The van der Waals surface area contributed by atoms with Crippen molar-refractivity contribution in [2.45, 2.75) is 46.7 Å². The molecule has 0 saturated carbocycles. The minimum absolute atomic E-state index is 0.0845. The average molecular weight is 291 g/mol. The minimum Gasteiger partial charge on any atom is -0.512 e. The fourth-order valence-corrected chi connectivity index (χ4v) is 2.67. The molecule has 2 rings (SSSR count). The van der Waals surface area contributed by atoms with E-state index in [4.69, 9.17) is 0 Å². The molecule has 1 N–H and O–H groups in total. The highest BCUT2D eigenvalue weighted by atomic mass is 19.1. The van der Waals surface area contributed by atoms with Gasteiger partial charge in [-0.1, -0.05) is 32.9 Å². The van der Waals surface area contributed by atoms with Crippen LogP contribution in [0.5, 0.6) is 0 Å². The number of aliphatic hydroxyl groups excluding tert-OH is 1. The summed E-state index contributed by atoms with van der Waals surface area (Å²) in [6, 6.07) is 6.09. The van der Waals surface area contributed by atoms with Gasteiger partial charge in [0.25, 0.3) is 5.91 Å². The molecule has 0 spiro atoms. The molecule has 1 aromatic rings. The Morgan fingerprint density at radius 3 is 2.38 bits per heavy atom. The van der Waals surface area contributed by atoms with Gasteiger partial charge in [-0.15, -0.1) is 0 Å². The molecule has 0 saturated heterocycles. The van der Waals surface area contributed by atoms with Crippen molar-refractivity contribution in [3.8, 4) is 0 Å². The van der Waals surface area contributed by atoms with Gasteiger partial charge in [0.15, 0.2) is 0 Å². The maximum atomic E-state index is 13.0. The Morgan fingerprint density at radius 1 is 1.29 bits per heavy atom. The molecule has 0 radical (unpaired) electrons. The van der Waals surface area contributed by atoms with E-state index in [9.17, 15) is 14.3 Å². The number of hydrogen-bond donors (Lipinski definition) is 1. The number of halogens is 1. The molecule has 1 aromatic carbocycles. The van der Waals surface area contributed by atoms with Gasteiger partial charge in [0.2, 0.25) is 0 Å². The zero-order valence-electron chi connectivity index (χ0n) is 13.0. The first-order chi connectivity index (χ1) is 9.70. The molecule has 0 aromatic heterocycles. The van der Waals surface area contributed by atoms with Gasteiger partial charge >= 0.3 is 0 Å². The van der Waals surface area contributed by atoms with E-state index in [1.54, 1.807) is 24.0 Å². The molecule has 0 bridgehead atoms. The predicted octanol–water partition coefficient (Wildman–Crippen LogP) is 3.80. The van der Waals surface area contributed by atoms with Crippen LogP contribution in [0.2, 0.25) is 0 Å². The Labute approximate surface area is 125 Å².